The Hall–Kier alpha value is -1.11. The van der Waals surface area contributed by atoms with E-state index in [1.54, 1.807) is 26.0 Å². The molecule has 108 valence electrons. The van der Waals surface area contributed by atoms with Crippen LogP contribution < -0.4 is 5.73 Å². The Bertz CT molecular complexity index is 574. The lowest BCUT2D eigenvalue weighted by atomic mass is 10.1. The highest BCUT2D eigenvalue weighted by Gasteiger charge is 2.28. The van der Waals surface area contributed by atoms with E-state index in [4.69, 9.17) is 5.73 Å². The molecule has 0 unspecified atom stereocenters. The molecule has 1 aromatic rings. The van der Waals surface area contributed by atoms with Crippen molar-refractivity contribution in [1.29, 1.82) is 0 Å². The number of nitrogens with two attached hydrogens (primary N) is 1. The molecular formula is C13H22N2O3S. The Morgan fingerprint density at radius 1 is 1.26 bits per heavy atom. The minimum absolute atomic E-state index is 0.00168. The quantitative estimate of drug-likeness (QED) is 0.817. The van der Waals surface area contributed by atoms with Crippen molar-refractivity contribution >= 4 is 15.7 Å². The molecule has 0 saturated carbocycles. The van der Waals surface area contributed by atoms with E-state index in [0.717, 1.165) is 15.4 Å². The van der Waals surface area contributed by atoms with Gasteiger partial charge >= 0.3 is 0 Å². The lowest BCUT2D eigenvalue weighted by molar-refractivity contribution is 0.0640. The lowest BCUT2D eigenvalue weighted by Crippen LogP contribution is -2.39. The minimum Gasteiger partial charge on any atom is -0.398 e. The Labute approximate surface area is 115 Å². The average Bonchev–Trinajstić information content (AvgIpc) is 2.20. The highest BCUT2D eigenvalue weighted by atomic mass is 32.2. The van der Waals surface area contributed by atoms with E-state index in [-0.39, 0.29) is 17.1 Å². The van der Waals surface area contributed by atoms with Gasteiger partial charge in [-0.2, -0.15) is 4.31 Å². The fourth-order valence-corrected chi connectivity index (χ4v) is 3.34. The van der Waals surface area contributed by atoms with Crippen molar-refractivity contribution in [2.75, 3.05) is 19.3 Å². The van der Waals surface area contributed by atoms with Crippen molar-refractivity contribution in [2.24, 2.45) is 0 Å². The third kappa shape index (κ3) is 3.68. The number of nitrogen functional groups attached to an aromatic ring is 1. The third-order valence-electron chi connectivity index (χ3n) is 2.92. The minimum atomic E-state index is -3.69. The van der Waals surface area contributed by atoms with Crippen LogP contribution in [-0.2, 0) is 10.0 Å². The van der Waals surface area contributed by atoms with Crippen LogP contribution >= 0.6 is 0 Å². The number of aryl methyl sites for hydroxylation is 2. The van der Waals surface area contributed by atoms with Crippen LogP contribution in [0.1, 0.15) is 25.0 Å². The molecule has 1 rings (SSSR count). The van der Waals surface area contributed by atoms with Crippen molar-refractivity contribution in [2.45, 2.75) is 38.2 Å². The molecule has 0 atom stereocenters. The molecular weight excluding hydrogens is 264 g/mol. The molecule has 0 aliphatic carbocycles. The second kappa shape index (κ2) is 5.11. The van der Waals surface area contributed by atoms with Crippen molar-refractivity contribution in [1.82, 2.24) is 4.31 Å². The Kier molecular flexibility index (Phi) is 4.29. The summed E-state index contributed by atoms with van der Waals surface area (Å²) in [6.07, 6.45) is 0. The molecule has 19 heavy (non-hydrogen) atoms. The van der Waals surface area contributed by atoms with Gasteiger partial charge in [-0.15, -0.1) is 0 Å². The second-order valence-electron chi connectivity index (χ2n) is 5.55. The van der Waals surface area contributed by atoms with Gasteiger partial charge in [0, 0.05) is 13.6 Å². The molecule has 0 bridgehead atoms. The van der Waals surface area contributed by atoms with Crippen molar-refractivity contribution in [3.05, 3.63) is 23.3 Å². The molecule has 5 nitrogen and oxygen atoms in total. The number of benzene rings is 1. The number of aliphatic hydroxyl groups is 1. The van der Waals surface area contributed by atoms with Gasteiger partial charge in [-0.25, -0.2) is 8.42 Å². The van der Waals surface area contributed by atoms with Gasteiger partial charge in [-0.05, 0) is 51.0 Å². The zero-order valence-electron chi connectivity index (χ0n) is 12.1. The molecule has 6 heteroatoms. The van der Waals surface area contributed by atoms with E-state index in [0.29, 0.717) is 0 Å². The van der Waals surface area contributed by atoms with Gasteiger partial charge in [-0.1, -0.05) is 0 Å². The largest absolute Gasteiger partial charge is 0.398 e. The molecule has 0 spiro atoms. The summed E-state index contributed by atoms with van der Waals surface area (Å²) in [7, 11) is -2.26. The molecule has 0 radical (unpaired) electrons. The number of anilines is 1. The van der Waals surface area contributed by atoms with E-state index < -0.39 is 15.6 Å². The first kappa shape index (κ1) is 15.9. The zero-order valence-corrected chi connectivity index (χ0v) is 12.9. The van der Waals surface area contributed by atoms with Crippen LogP contribution in [0.25, 0.3) is 0 Å². The fourth-order valence-electron chi connectivity index (χ4n) is 1.83. The van der Waals surface area contributed by atoms with Crippen LogP contribution in [-0.4, -0.2) is 37.0 Å². The van der Waals surface area contributed by atoms with E-state index in [9.17, 15) is 13.5 Å². The van der Waals surface area contributed by atoms with Crippen LogP contribution in [0.15, 0.2) is 17.0 Å². The van der Waals surface area contributed by atoms with Gasteiger partial charge in [-0.3, -0.25) is 0 Å². The topological polar surface area (TPSA) is 83.6 Å². The van der Waals surface area contributed by atoms with Crippen molar-refractivity contribution < 1.29 is 13.5 Å². The molecule has 3 N–H and O–H groups in total. The zero-order chi connectivity index (χ0) is 15.0. The van der Waals surface area contributed by atoms with Gasteiger partial charge in [0.1, 0.15) is 4.90 Å². The highest BCUT2D eigenvalue weighted by Crippen LogP contribution is 2.25. The average molecular weight is 286 g/mol. The lowest BCUT2D eigenvalue weighted by Gasteiger charge is -2.25. The van der Waals surface area contributed by atoms with E-state index in [1.807, 2.05) is 13.8 Å². The maximum Gasteiger partial charge on any atom is 0.244 e. The molecule has 0 aliphatic rings. The van der Waals surface area contributed by atoms with Crippen LogP contribution in [0.4, 0.5) is 5.69 Å². The molecule has 0 aromatic heterocycles. The predicted molar refractivity (Wildman–Crippen MR) is 76.4 cm³/mol. The second-order valence-corrected chi connectivity index (χ2v) is 7.56. The number of hydrogen-bond donors (Lipinski definition) is 2. The maximum absolute atomic E-state index is 12.4. The Morgan fingerprint density at radius 2 is 1.74 bits per heavy atom. The van der Waals surface area contributed by atoms with E-state index in [2.05, 4.69) is 0 Å². The van der Waals surface area contributed by atoms with Gasteiger partial charge < -0.3 is 10.8 Å². The predicted octanol–water partition coefficient (Wildman–Crippen LogP) is 1.28. The molecule has 0 amide bonds. The fraction of sp³-hybridized carbons (Fsp3) is 0.538. The van der Waals surface area contributed by atoms with Gasteiger partial charge in [0.25, 0.3) is 0 Å². The summed E-state index contributed by atoms with van der Waals surface area (Å²) < 4.78 is 26.0. The van der Waals surface area contributed by atoms with Gasteiger partial charge in [0.05, 0.1) is 11.3 Å². The number of sulfonamides is 1. The highest BCUT2D eigenvalue weighted by molar-refractivity contribution is 7.89. The normalized spacial score (nSPS) is 13.0. The molecule has 1 aromatic carbocycles. The first-order chi connectivity index (χ1) is 8.45. The molecule has 0 saturated heterocycles. The van der Waals surface area contributed by atoms with Crippen LogP contribution in [0.3, 0.4) is 0 Å². The van der Waals surface area contributed by atoms with Crippen LogP contribution in [0, 0.1) is 13.8 Å². The summed E-state index contributed by atoms with van der Waals surface area (Å²) in [5.41, 5.74) is 6.75. The van der Waals surface area contributed by atoms with Crippen molar-refractivity contribution in [3.8, 4) is 0 Å². The molecule has 0 heterocycles. The smallest absolute Gasteiger partial charge is 0.244 e. The Balaban J connectivity index is 3.25. The van der Waals surface area contributed by atoms with Crippen molar-refractivity contribution in [3.63, 3.8) is 0 Å². The molecule has 0 fully saturated rings. The first-order valence-corrected chi connectivity index (χ1v) is 7.44. The Morgan fingerprint density at radius 3 is 2.21 bits per heavy atom. The summed E-state index contributed by atoms with van der Waals surface area (Å²) in [6, 6.07) is 3.22. The number of likely N-dealkylation sites (N-methyl/N-ethyl adjacent to an activating group) is 1. The maximum atomic E-state index is 12.4. The number of rotatable bonds is 4. The number of hydrogen-bond acceptors (Lipinski definition) is 4. The van der Waals surface area contributed by atoms with E-state index >= 15 is 0 Å². The number of nitrogens with zero attached hydrogens (tertiary/aromatic N) is 1. The summed E-state index contributed by atoms with van der Waals surface area (Å²) in [4.78, 5) is 0.0855. The van der Waals surface area contributed by atoms with Crippen LogP contribution in [0.5, 0.6) is 0 Å². The monoisotopic (exact) mass is 286 g/mol. The van der Waals surface area contributed by atoms with Gasteiger partial charge in [0.2, 0.25) is 10.0 Å². The SMILES string of the molecule is Cc1cc(N)c(S(=O)(=O)N(C)CC(C)(C)O)cc1C. The summed E-state index contributed by atoms with van der Waals surface area (Å²) in [6.45, 7) is 6.83. The molecule has 0 aliphatic heterocycles. The van der Waals surface area contributed by atoms with Crippen LogP contribution in [0.2, 0.25) is 0 Å². The first-order valence-electron chi connectivity index (χ1n) is 6.00. The standard InChI is InChI=1S/C13H22N2O3S/c1-9-6-11(14)12(7-10(9)2)19(17,18)15(5)8-13(3,4)16/h6-7,16H,8,14H2,1-5H3. The third-order valence-corrected chi connectivity index (χ3v) is 4.78. The van der Waals surface area contributed by atoms with E-state index in [1.165, 1.54) is 7.05 Å². The summed E-state index contributed by atoms with van der Waals surface area (Å²) in [5.74, 6) is 0. The summed E-state index contributed by atoms with van der Waals surface area (Å²) >= 11 is 0. The van der Waals surface area contributed by atoms with Gasteiger partial charge in [0.15, 0.2) is 0 Å². The summed E-state index contributed by atoms with van der Waals surface area (Å²) in [5, 5.41) is 9.73.